The molecule has 0 saturated carbocycles. The molecule has 0 aliphatic carbocycles. The Kier molecular flexibility index (Phi) is 4.57. The molecule has 2 fully saturated rings. The lowest BCUT2D eigenvalue weighted by Gasteiger charge is -2.35. The van der Waals surface area contributed by atoms with Crippen LogP contribution >= 0.6 is 0 Å². The summed E-state index contributed by atoms with van der Waals surface area (Å²) in [5.74, 6) is 1.86. The third-order valence-corrected chi connectivity index (χ3v) is 3.82. The average molecular weight is 232 g/mol. The van der Waals surface area contributed by atoms with Crippen LogP contribution in [0.1, 0.15) is 17.5 Å². The van der Waals surface area contributed by atoms with Crippen molar-refractivity contribution in [2.45, 2.75) is 20.3 Å². The molecule has 1 aromatic rings. The number of hydrogen-bond donors (Lipinski definition) is 2. The van der Waals surface area contributed by atoms with Crippen molar-refractivity contribution >= 4 is 0 Å². The zero-order chi connectivity index (χ0) is 12.1. The summed E-state index contributed by atoms with van der Waals surface area (Å²) in [4.78, 5) is 0. The molecule has 2 heteroatoms. The third-order valence-electron chi connectivity index (χ3n) is 3.82. The minimum atomic E-state index is 0.928. The van der Waals surface area contributed by atoms with Crippen LogP contribution in [0.15, 0.2) is 24.3 Å². The molecule has 2 aliphatic rings. The van der Waals surface area contributed by atoms with E-state index in [1.54, 1.807) is 0 Å². The maximum absolute atomic E-state index is 3.45. The Labute approximate surface area is 105 Å². The van der Waals surface area contributed by atoms with Crippen LogP contribution in [0.5, 0.6) is 0 Å². The van der Waals surface area contributed by atoms with Gasteiger partial charge in [-0.2, -0.15) is 0 Å². The Morgan fingerprint density at radius 3 is 1.53 bits per heavy atom. The lowest BCUT2D eigenvalue weighted by Crippen LogP contribution is -2.49. The van der Waals surface area contributed by atoms with Gasteiger partial charge in [0.2, 0.25) is 0 Å². The fraction of sp³-hybridized carbons (Fsp3) is 0.600. The third kappa shape index (κ3) is 3.83. The van der Waals surface area contributed by atoms with E-state index >= 15 is 0 Å². The molecule has 0 atom stereocenters. The van der Waals surface area contributed by atoms with Crippen molar-refractivity contribution in [2.24, 2.45) is 11.8 Å². The predicted molar refractivity (Wildman–Crippen MR) is 73.3 cm³/mol. The van der Waals surface area contributed by atoms with Crippen LogP contribution < -0.4 is 10.6 Å². The summed E-state index contributed by atoms with van der Waals surface area (Å²) in [6.07, 6.45) is 1.46. The summed E-state index contributed by atoms with van der Waals surface area (Å²) < 4.78 is 0. The van der Waals surface area contributed by atoms with Crippen LogP contribution in [0.4, 0.5) is 0 Å². The van der Waals surface area contributed by atoms with Crippen LogP contribution in [-0.2, 0) is 0 Å². The monoisotopic (exact) mass is 232 g/mol. The normalized spacial score (nSPS) is 26.9. The first-order chi connectivity index (χ1) is 8.25. The van der Waals surface area contributed by atoms with Gasteiger partial charge < -0.3 is 10.6 Å². The van der Waals surface area contributed by atoms with E-state index in [0.29, 0.717) is 0 Å². The number of benzene rings is 1. The first kappa shape index (κ1) is 12.6. The van der Waals surface area contributed by atoms with Crippen molar-refractivity contribution in [3.63, 3.8) is 0 Å². The Hall–Kier alpha value is -0.860. The lowest BCUT2D eigenvalue weighted by molar-refractivity contribution is 0.226. The van der Waals surface area contributed by atoms with Crippen LogP contribution in [0.2, 0.25) is 0 Å². The van der Waals surface area contributed by atoms with E-state index in [4.69, 9.17) is 0 Å². The maximum atomic E-state index is 3.45. The summed E-state index contributed by atoms with van der Waals surface area (Å²) in [6.45, 7) is 9.20. The van der Waals surface area contributed by atoms with Crippen molar-refractivity contribution in [2.75, 3.05) is 26.2 Å². The number of hydrogen-bond acceptors (Lipinski definition) is 2. The minimum Gasteiger partial charge on any atom is -0.316 e. The predicted octanol–water partition coefficient (Wildman–Crippen LogP) is 2.12. The van der Waals surface area contributed by atoms with Crippen molar-refractivity contribution in [3.05, 3.63) is 35.4 Å². The molecule has 2 aliphatic heterocycles. The first-order valence-corrected chi connectivity index (χ1v) is 6.69. The number of fused-ring (bicyclic) bond motifs is 2. The molecular weight excluding hydrogens is 208 g/mol. The molecule has 94 valence electrons. The van der Waals surface area contributed by atoms with Gasteiger partial charge in [-0.05, 0) is 69.4 Å². The zero-order valence-corrected chi connectivity index (χ0v) is 11.0. The molecule has 1 aromatic carbocycles. The molecule has 0 unspecified atom stereocenters. The van der Waals surface area contributed by atoms with E-state index in [-0.39, 0.29) is 0 Å². The van der Waals surface area contributed by atoms with Crippen LogP contribution in [0, 0.1) is 25.7 Å². The first-order valence-electron chi connectivity index (χ1n) is 6.69. The summed E-state index contributed by atoms with van der Waals surface area (Å²) in [6, 6.07) is 8.36. The number of piperidine rings is 2. The van der Waals surface area contributed by atoms with Gasteiger partial charge in [0, 0.05) is 0 Å². The van der Waals surface area contributed by atoms with E-state index in [9.17, 15) is 0 Å². The Balaban J connectivity index is 0.000000128. The van der Waals surface area contributed by atoms with E-state index in [1.807, 2.05) is 0 Å². The highest BCUT2D eigenvalue weighted by Gasteiger charge is 2.24. The highest BCUT2D eigenvalue weighted by molar-refractivity contribution is 5.23. The van der Waals surface area contributed by atoms with E-state index in [2.05, 4.69) is 48.7 Å². The van der Waals surface area contributed by atoms with Gasteiger partial charge in [-0.25, -0.2) is 0 Å². The van der Waals surface area contributed by atoms with Crippen molar-refractivity contribution < 1.29 is 0 Å². The minimum absolute atomic E-state index is 0.928. The molecule has 2 nitrogen and oxygen atoms in total. The average Bonchev–Trinajstić information content (AvgIpc) is 2.34. The molecule has 0 radical (unpaired) electrons. The Morgan fingerprint density at radius 1 is 0.824 bits per heavy atom. The number of nitrogens with one attached hydrogen (secondary N) is 2. The molecule has 2 heterocycles. The molecule has 0 spiro atoms. The van der Waals surface area contributed by atoms with Gasteiger partial charge in [0.25, 0.3) is 0 Å². The fourth-order valence-electron chi connectivity index (χ4n) is 2.59. The fourth-order valence-corrected chi connectivity index (χ4v) is 2.59. The highest BCUT2D eigenvalue weighted by Crippen LogP contribution is 2.18. The number of rotatable bonds is 0. The Bertz CT molecular complexity index is 308. The van der Waals surface area contributed by atoms with Gasteiger partial charge in [-0.15, -0.1) is 0 Å². The van der Waals surface area contributed by atoms with Crippen LogP contribution in [-0.4, -0.2) is 26.2 Å². The van der Waals surface area contributed by atoms with Gasteiger partial charge in [0.05, 0.1) is 0 Å². The summed E-state index contributed by atoms with van der Waals surface area (Å²) >= 11 is 0. The molecule has 17 heavy (non-hydrogen) atoms. The molecule has 2 N–H and O–H groups in total. The second-order valence-electron chi connectivity index (χ2n) is 5.37. The van der Waals surface area contributed by atoms with Gasteiger partial charge in [0.1, 0.15) is 0 Å². The van der Waals surface area contributed by atoms with Crippen LogP contribution in [0.3, 0.4) is 0 Å². The molecular formula is C15H24N2. The van der Waals surface area contributed by atoms with E-state index in [1.165, 1.54) is 43.7 Å². The summed E-state index contributed by atoms with van der Waals surface area (Å²) in [5.41, 5.74) is 2.74. The molecule has 2 bridgehead atoms. The lowest BCUT2D eigenvalue weighted by atomic mass is 9.87. The van der Waals surface area contributed by atoms with Crippen LogP contribution in [0.25, 0.3) is 0 Å². The standard InChI is InChI=1S/C8H10.C7H14N2/c1-7-5-3-4-6-8(7)2;1-6-2-8-4-7(1)5-9-3-6/h3-6H,1-2H3;6-9H,1-5H2. The topological polar surface area (TPSA) is 24.1 Å². The maximum Gasteiger partial charge on any atom is -0.000814 e. The quantitative estimate of drug-likeness (QED) is 0.716. The Morgan fingerprint density at radius 2 is 1.24 bits per heavy atom. The molecule has 0 amide bonds. The van der Waals surface area contributed by atoms with E-state index < -0.39 is 0 Å². The van der Waals surface area contributed by atoms with E-state index in [0.717, 1.165) is 11.8 Å². The molecule has 3 rings (SSSR count). The largest absolute Gasteiger partial charge is 0.316 e. The SMILES string of the molecule is C1NCC2CNCC1C2.Cc1ccccc1C. The second kappa shape index (κ2) is 6.18. The zero-order valence-electron chi connectivity index (χ0n) is 11.0. The molecule has 2 saturated heterocycles. The van der Waals surface area contributed by atoms with Gasteiger partial charge in [-0.3, -0.25) is 0 Å². The second-order valence-corrected chi connectivity index (χ2v) is 5.37. The smallest absolute Gasteiger partial charge is 0.000814 e. The van der Waals surface area contributed by atoms with Gasteiger partial charge in [0.15, 0.2) is 0 Å². The highest BCUT2D eigenvalue weighted by atomic mass is 15.0. The van der Waals surface area contributed by atoms with Gasteiger partial charge in [-0.1, -0.05) is 24.3 Å². The van der Waals surface area contributed by atoms with Gasteiger partial charge >= 0.3 is 0 Å². The number of aryl methyl sites for hydroxylation is 2. The summed E-state index contributed by atoms with van der Waals surface area (Å²) in [5, 5.41) is 6.89. The van der Waals surface area contributed by atoms with Crippen molar-refractivity contribution in [1.82, 2.24) is 10.6 Å². The summed E-state index contributed by atoms with van der Waals surface area (Å²) in [7, 11) is 0. The van der Waals surface area contributed by atoms with Crippen molar-refractivity contribution in [1.29, 1.82) is 0 Å². The van der Waals surface area contributed by atoms with Crippen molar-refractivity contribution in [3.8, 4) is 0 Å². The molecule has 0 aromatic heterocycles.